The topological polar surface area (TPSA) is 59.1 Å². The average Bonchev–Trinajstić information content (AvgIpc) is 2.83. The standard InChI is InChI=1S/C23H27ClN2O4S/c1-15(27)30-21-22(16-6-9-18(29-4)10-7-16)31-20-11-8-17(24)14-19(20)26(23(21)28)13-5-12-25(2)3/h6-11,14,21-22H,5,12-13H2,1-4H3. The van der Waals surface area contributed by atoms with Crippen molar-refractivity contribution in [3.8, 4) is 5.75 Å². The van der Waals surface area contributed by atoms with Gasteiger partial charge in [0.15, 0.2) is 6.10 Å². The number of ether oxygens (including phenoxy) is 2. The summed E-state index contributed by atoms with van der Waals surface area (Å²) in [5.74, 6) is -0.0202. The third-order valence-electron chi connectivity index (χ3n) is 4.97. The number of anilines is 1. The number of hydrogen-bond acceptors (Lipinski definition) is 6. The summed E-state index contributed by atoms with van der Waals surface area (Å²) >= 11 is 7.78. The van der Waals surface area contributed by atoms with E-state index in [2.05, 4.69) is 4.90 Å². The molecule has 166 valence electrons. The number of halogens is 1. The van der Waals surface area contributed by atoms with Crippen molar-refractivity contribution in [1.82, 2.24) is 4.90 Å². The molecule has 2 aromatic carbocycles. The molecule has 0 fully saturated rings. The van der Waals surface area contributed by atoms with Gasteiger partial charge in [-0.05, 0) is 63.0 Å². The number of benzene rings is 2. The molecule has 31 heavy (non-hydrogen) atoms. The van der Waals surface area contributed by atoms with Gasteiger partial charge in [-0.25, -0.2) is 0 Å². The monoisotopic (exact) mass is 462 g/mol. The maximum atomic E-state index is 13.7. The Morgan fingerprint density at radius 2 is 1.90 bits per heavy atom. The number of rotatable bonds is 7. The first kappa shape index (κ1) is 23.4. The van der Waals surface area contributed by atoms with Gasteiger partial charge in [-0.3, -0.25) is 9.59 Å². The molecule has 2 aromatic rings. The van der Waals surface area contributed by atoms with Gasteiger partial charge >= 0.3 is 5.97 Å². The van der Waals surface area contributed by atoms with Crippen molar-refractivity contribution in [2.75, 3.05) is 39.2 Å². The Morgan fingerprint density at radius 3 is 2.52 bits per heavy atom. The second-order valence-electron chi connectivity index (χ2n) is 7.60. The first-order valence-corrected chi connectivity index (χ1v) is 11.3. The molecule has 1 heterocycles. The predicted octanol–water partition coefficient (Wildman–Crippen LogP) is 4.41. The van der Waals surface area contributed by atoms with Crippen molar-refractivity contribution in [2.45, 2.75) is 29.6 Å². The van der Waals surface area contributed by atoms with Gasteiger partial charge < -0.3 is 19.3 Å². The average molecular weight is 463 g/mol. The molecule has 0 aromatic heterocycles. The van der Waals surface area contributed by atoms with Crippen LogP contribution in [-0.2, 0) is 14.3 Å². The van der Waals surface area contributed by atoms with Crippen molar-refractivity contribution >= 4 is 40.9 Å². The lowest BCUT2D eigenvalue weighted by Gasteiger charge is -2.28. The number of esters is 1. The van der Waals surface area contributed by atoms with Crippen LogP contribution in [0.2, 0.25) is 5.02 Å². The van der Waals surface area contributed by atoms with Gasteiger partial charge in [0.2, 0.25) is 0 Å². The molecule has 0 saturated carbocycles. The number of hydrogen-bond donors (Lipinski definition) is 0. The summed E-state index contributed by atoms with van der Waals surface area (Å²) in [7, 11) is 5.59. The molecule has 0 bridgehead atoms. The molecular weight excluding hydrogens is 436 g/mol. The Hall–Kier alpha value is -2.22. The molecule has 0 saturated heterocycles. The van der Waals surface area contributed by atoms with Crippen molar-refractivity contribution < 1.29 is 19.1 Å². The van der Waals surface area contributed by atoms with Crippen LogP contribution in [0.5, 0.6) is 5.75 Å². The van der Waals surface area contributed by atoms with E-state index in [1.54, 1.807) is 18.1 Å². The highest BCUT2D eigenvalue weighted by Gasteiger charge is 2.40. The minimum Gasteiger partial charge on any atom is -0.497 e. The third-order valence-corrected chi connectivity index (χ3v) is 6.58. The molecule has 2 atom stereocenters. The van der Waals surface area contributed by atoms with Crippen molar-refractivity contribution in [3.63, 3.8) is 0 Å². The Morgan fingerprint density at radius 1 is 1.19 bits per heavy atom. The van der Waals surface area contributed by atoms with Crippen molar-refractivity contribution in [3.05, 3.63) is 53.1 Å². The van der Waals surface area contributed by atoms with Crippen LogP contribution in [0.3, 0.4) is 0 Å². The summed E-state index contributed by atoms with van der Waals surface area (Å²) in [6.45, 7) is 2.65. The van der Waals surface area contributed by atoms with Crippen LogP contribution in [0.4, 0.5) is 5.69 Å². The molecule has 6 nitrogen and oxygen atoms in total. The second kappa shape index (κ2) is 10.4. The van der Waals surface area contributed by atoms with Gasteiger partial charge in [0.25, 0.3) is 5.91 Å². The lowest BCUT2D eigenvalue weighted by atomic mass is 10.1. The van der Waals surface area contributed by atoms with E-state index in [1.165, 1.54) is 18.7 Å². The van der Waals surface area contributed by atoms with E-state index in [1.807, 2.05) is 50.5 Å². The summed E-state index contributed by atoms with van der Waals surface area (Å²) in [4.78, 5) is 30.3. The number of carbonyl (C=O) groups is 2. The number of methoxy groups -OCH3 is 1. The molecule has 3 rings (SSSR count). The van der Waals surface area contributed by atoms with Gasteiger partial charge in [-0.15, -0.1) is 11.8 Å². The van der Waals surface area contributed by atoms with Crippen LogP contribution >= 0.6 is 23.4 Å². The zero-order valence-corrected chi connectivity index (χ0v) is 19.7. The van der Waals surface area contributed by atoms with E-state index in [9.17, 15) is 9.59 Å². The van der Waals surface area contributed by atoms with E-state index in [0.29, 0.717) is 11.6 Å². The van der Waals surface area contributed by atoms with E-state index in [0.717, 1.165) is 34.9 Å². The number of carbonyl (C=O) groups excluding carboxylic acids is 2. The zero-order valence-electron chi connectivity index (χ0n) is 18.1. The molecule has 1 aliphatic heterocycles. The second-order valence-corrected chi connectivity index (χ2v) is 9.22. The molecular formula is C23H27ClN2O4S. The van der Waals surface area contributed by atoms with E-state index >= 15 is 0 Å². The predicted molar refractivity (Wildman–Crippen MR) is 124 cm³/mol. The highest BCUT2D eigenvalue weighted by Crippen LogP contribution is 2.47. The largest absolute Gasteiger partial charge is 0.497 e. The maximum Gasteiger partial charge on any atom is 0.303 e. The van der Waals surface area contributed by atoms with Crippen molar-refractivity contribution in [1.29, 1.82) is 0 Å². The summed E-state index contributed by atoms with van der Waals surface area (Å²) < 4.78 is 10.9. The summed E-state index contributed by atoms with van der Waals surface area (Å²) in [5, 5.41) is 0.151. The number of nitrogens with zero attached hydrogens (tertiary/aromatic N) is 2. The smallest absolute Gasteiger partial charge is 0.303 e. The molecule has 2 unspecified atom stereocenters. The van der Waals surface area contributed by atoms with Crippen LogP contribution in [-0.4, -0.2) is 57.2 Å². The summed E-state index contributed by atoms with van der Waals surface area (Å²) in [5.41, 5.74) is 1.62. The van der Waals surface area contributed by atoms with Crippen molar-refractivity contribution in [2.24, 2.45) is 0 Å². The van der Waals surface area contributed by atoms with Crippen LogP contribution in [0, 0.1) is 0 Å². The van der Waals surface area contributed by atoms with Crippen LogP contribution < -0.4 is 9.64 Å². The molecule has 8 heteroatoms. The van der Waals surface area contributed by atoms with Gasteiger partial charge in [0.1, 0.15) is 5.75 Å². The fourth-order valence-corrected chi connectivity index (χ4v) is 4.97. The van der Waals surface area contributed by atoms with E-state index in [4.69, 9.17) is 21.1 Å². The third kappa shape index (κ3) is 5.73. The lowest BCUT2D eigenvalue weighted by molar-refractivity contribution is -0.152. The molecule has 0 aliphatic carbocycles. The SMILES string of the molecule is COc1ccc(C2Sc3ccc(Cl)cc3N(CCCN(C)C)C(=O)C2OC(C)=O)cc1. The minimum atomic E-state index is -0.957. The molecule has 1 aliphatic rings. The Balaban J connectivity index is 2.05. The van der Waals surface area contributed by atoms with E-state index in [-0.39, 0.29) is 5.91 Å². The highest BCUT2D eigenvalue weighted by atomic mass is 35.5. The van der Waals surface area contributed by atoms with Gasteiger partial charge in [-0.1, -0.05) is 23.7 Å². The van der Waals surface area contributed by atoms with Gasteiger partial charge in [-0.2, -0.15) is 0 Å². The fraction of sp³-hybridized carbons (Fsp3) is 0.391. The van der Waals surface area contributed by atoms with Gasteiger partial charge in [0.05, 0.1) is 18.0 Å². The number of amides is 1. The minimum absolute atomic E-state index is 0.247. The number of fused-ring (bicyclic) bond motifs is 1. The van der Waals surface area contributed by atoms with E-state index < -0.39 is 17.3 Å². The molecule has 0 spiro atoms. The first-order valence-electron chi connectivity index (χ1n) is 10.0. The van der Waals surface area contributed by atoms with Crippen LogP contribution in [0.25, 0.3) is 0 Å². The Kier molecular flexibility index (Phi) is 7.86. The van der Waals surface area contributed by atoms with Gasteiger partial charge in [0, 0.05) is 23.4 Å². The Labute approximate surface area is 192 Å². The fourth-order valence-electron chi connectivity index (χ4n) is 3.50. The quantitative estimate of drug-likeness (QED) is 0.568. The van der Waals surface area contributed by atoms with Crippen LogP contribution in [0.15, 0.2) is 47.4 Å². The first-order chi connectivity index (χ1) is 14.8. The maximum absolute atomic E-state index is 13.7. The van der Waals surface area contributed by atoms with Crippen LogP contribution in [0.1, 0.15) is 24.2 Å². The molecule has 1 amide bonds. The summed E-state index contributed by atoms with van der Waals surface area (Å²) in [6.07, 6.45) is -0.184. The Bertz CT molecular complexity index is 936. The molecule has 0 N–H and O–H groups in total. The normalized spacial score (nSPS) is 18.5. The molecule has 0 radical (unpaired) electrons. The summed E-state index contributed by atoms with van der Waals surface area (Å²) in [6, 6.07) is 13.0. The highest BCUT2D eigenvalue weighted by molar-refractivity contribution is 7.99. The zero-order chi connectivity index (χ0) is 22.5. The lowest BCUT2D eigenvalue weighted by Crippen LogP contribution is -2.43. The number of thioether (sulfide) groups is 1.